The quantitative estimate of drug-likeness (QED) is 0.684. The van der Waals surface area contributed by atoms with Gasteiger partial charge in [0, 0.05) is 36.9 Å². The lowest BCUT2D eigenvalue weighted by Crippen LogP contribution is -2.20. The molecule has 1 aliphatic rings. The van der Waals surface area contributed by atoms with Crippen molar-refractivity contribution in [1.82, 2.24) is 19.5 Å². The first-order chi connectivity index (χ1) is 13.8. The highest BCUT2D eigenvalue weighted by Crippen LogP contribution is 2.32. The second kappa shape index (κ2) is 9.75. The highest BCUT2D eigenvalue weighted by atomic mass is 16.5. The second-order valence-corrected chi connectivity index (χ2v) is 6.59. The predicted molar refractivity (Wildman–Crippen MR) is 105 cm³/mol. The van der Waals surface area contributed by atoms with Crippen LogP contribution in [0.25, 0.3) is 11.5 Å². The molecule has 1 saturated heterocycles. The highest BCUT2D eigenvalue weighted by Gasteiger charge is 2.31. The summed E-state index contributed by atoms with van der Waals surface area (Å²) in [6.07, 6.45) is 11.5. The molecule has 0 radical (unpaired) electrons. The number of hydrogen-bond acceptors (Lipinski definition) is 5. The van der Waals surface area contributed by atoms with Crippen LogP contribution < -0.4 is 0 Å². The van der Waals surface area contributed by atoms with Gasteiger partial charge in [0.1, 0.15) is 5.69 Å². The van der Waals surface area contributed by atoms with E-state index in [0.717, 1.165) is 31.0 Å². The molecular weight excluding hydrogens is 356 g/mol. The molecule has 146 valence electrons. The van der Waals surface area contributed by atoms with Crippen molar-refractivity contribution >= 4 is 6.47 Å². The van der Waals surface area contributed by atoms with Crippen LogP contribution >= 0.6 is 0 Å². The molecular formula is C21H24N4O3. The van der Waals surface area contributed by atoms with Crippen molar-refractivity contribution in [3.8, 4) is 11.5 Å². The smallest absolute Gasteiger partial charge is 0.290 e. The van der Waals surface area contributed by atoms with E-state index in [1.165, 1.54) is 11.1 Å². The van der Waals surface area contributed by atoms with Crippen LogP contribution in [-0.2, 0) is 22.4 Å². The van der Waals surface area contributed by atoms with Crippen LogP contribution in [0.2, 0.25) is 0 Å². The third kappa shape index (κ3) is 4.61. The zero-order valence-electron chi connectivity index (χ0n) is 15.8. The Kier molecular flexibility index (Phi) is 6.86. The molecule has 28 heavy (non-hydrogen) atoms. The summed E-state index contributed by atoms with van der Waals surface area (Å²) in [6, 6.07) is 8.62. The van der Waals surface area contributed by atoms with Crippen molar-refractivity contribution in [2.75, 3.05) is 13.2 Å². The maximum absolute atomic E-state index is 8.36. The monoisotopic (exact) mass is 380 g/mol. The first kappa shape index (κ1) is 19.7. The van der Waals surface area contributed by atoms with Crippen LogP contribution in [0.4, 0.5) is 0 Å². The van der Waals surface area contributed by atoms with E-state index in [1.54, 1.807) is 0 Å². The number of rotatable bonds is 5. The molecule has 4 rings (SSSR count). The van der Waals surface area contributed by atoms with Crippen LogP contribution in [-0.4, -0.2) is 44.3 Å². The van der Waals surface area contributed by atoms with Gasteiger partial charge in [-0.2, -0.15) is 0 Å². The van der Waals surface area contributed by atoms with Crippen molar-refractivity contribution in [3.05, 3.63) is 66.4 Å². The molecule has 0 amide bonds. The molecule has 0 bridgehead atoms. The van der Waals surface area contributed by atoms with E-state index in [0.29, 0.717) is 12.5 Å². The summed E-state index contributed by atoms with van der Waals surface area (Å²) in [5.74, 6) is 1.34. The number of carbonyl (C=O) groups is 1. The summed E-state index contributed by atoms with van der Waals surface area (Å²) >= 11 is 0. The summed E-state index contributed by atoms with van der Waals surface area (Å²) in [5, 5.41) is 6.89. The molecule has 1 fully saturated rings. The number of aryl methyl sites for hydroxylation is 1. The Hall–Kier alpha value is -3.06. The molecule has 7 heteroatoms. The first-order valence-corrected chi connectivity index (χ1v) is 9.29. The van der Waals surface area contributed by atoms with Crippen molar-refractivity contribution < 1.29 is 14.6 Å². The molecule has 0 unspecified atom stereocenters. The fourth-order valence-corrected chi connectivity index (χ4v) is 3.46. The lowest BCUT2D eigenvalue weighted by molar-refractivity contribution is -0.122. The van der Waals surface area contributed by atoms with Crippen LogP contribution in [0.15, 0.2) is 55.2 Å². The minimum absolute atomic E-state index is 0.250. The standard InChI is InChI=1S/C20H22N4O.CH2O2/c1-2-15-3-4-18(23-12-15)20-22-9-10-24(20)19-14-25-13-17(19)11-16-5-7-21-8-6-16;2-1-3/h3-10,12,17,19H,2,11,13-14H2,1H3;1H,(H,2,3)/t17-,19+;/m0./s1. The highest BCUT2D eigenvalue weighted by molar-refractivity contribution is 5.50. The van der Waals surface area contributed by atoms with Gasteiger partial charge in [-0.25, -0.2) is 4.98 Å². The summed E-state index contributed by atoms with van der Waals surface area (Å²) in [5.41, 5.74) is 3.45. The van der Waals surface area contributed by atoms with Gasteiger partial charge in [0.05, 0.1) is 19.3 Å². The fourth-order valence-electron chi connectivity index (χ4n) is 3.46. The Morgan fingerprint density at radius 1 is 1.14 bits per heavy atom. The molecule has 3 aromatic rings. The SMILES string of the molecule is CCc1ccc(-c2nccn2[C@@H]2COC[C@@H]2Cc2ccncc2)nc1.O=CO. The zero-order valence-corrected chi connectivity index (χ0v) is 15.8. The number of aromatic nitrogens is 4. The average molecular weight is 380 g/mol. The van der Waals surface area contributed by atoms with Gasteiger partial charge in [0.25, 0.3) is 6.47 Å². The largest absolute Gasteiger partial charge is 0.483 e. The molecule has 0 aromatic carbocycles. The van der Waals surface area contributed by atoms with Gasteiger partial charge in [0.15, 0.2) is 5.82 Å². The summed E-state index contributed by atoms with van der Waals surface area (Å²) < 4.78 is 8.04. The lowest BCUT2D eigenvalue weighted by Gasteiger charge is -2.21. The Labute approximate surface area is 164 Å². The normalized spacial score (nSPS) is 18.3. The van der Waals surface area contributed by atoms with Gasteiger partial charge in [-0.1, -0.05) is 13.0 Å². The van der Waals surface area contributed by atoms with E-state index in [1.807, 2.05) is 31.0 Å². The molecule has 3 aromatic heterocycles. The molecule has 0 aliphatic carbocycles. The van der Waals surface area contributed by atoms with Crippen LogP contribution in [0.1, 0.15) is 24.1 Å². The summed E-state index contributed by atoms with van der Waals surface area (Å²) in [7, 11) is 0. The van der Waals surface area contributed by atoms with Crippen molar-refractivity contribution in [3.63, 3.8) is 0 Å². The van der Waals surface area contributed by atoms with E-state index in [4.69, 9.17) is 14.6 Å². The molecule has 2 atom stereocenters. The molecule has 0 spiro atoms. The number of hydrogen-bond donors (Lipinski definition) is 1. The Morgan fingerprint density at radius 3 is 2.61 bits per heavy atom. The van der Waals surface area contributed by atoms with E-state index >= 15 is 0 Å². The molecule has 4 heterocycles. The van der Waals surface area contributed by atoms with Crippen molar-refractivity contribution in [2.24, 2.45) is 5.92 Å². The van der Waals surface area contributed by atoms with Gasteiger partial charge in [-0.05, 0) is 42.2 Å². The summed E-state index contributed by atoms with van der Waals surface area (Å²) in [6.45, 7) is 3.37. The van der Waals surface area contributed by atoms with Gasteiger partial charge >= 0.3 is 0 Å². The lowest BCUT2D eigenvalue weighted by atomic mass is 9.95. The fraction of sp³-hybridized carbons (Fsp3) is 0.333. The van der Waals surface area contributed by atoms with Gasteiger partial charge in [0.2, 0.25) is 0 Å². The van der Waals surface area contributed by atoms with E-state index < -0.39 is 0 Å². The van der Waals surface area contributed by atoms with E-state index in [2.05, 4.69) is 50.7 Å². The summed E-state index contributed by atoms with van der Waals surface area (Å²) in [4.78, 5) is 21.6. The van der Waals surface area contributed by atoms with Gasteiger partial charge < -0.3 is 14.4 Å². The maximum atomic E-state index is 8.36. The third-order valence-corrected chi connectivity index (χ3v) is 4.90. The van der Waals surface area contributed by atoms with Crippen LogP contribution in [0.5, 0.6) is 0 Å². The first-order valence-electron chi connectivity index (χ1n) is 9.29. The molecule has 1 N–H and O–H groups in total. The van der Waals surface area contributed by atoms with E-state index in [-0.39, 0.29) is 12.5 Å². The molecule has 1 aliphatic heterocycles. The number of carboxylic acid groups (broad SMARTS) is 1. The minimum Gasteiger partial charge on any atom is -0.483 e. The minimum atomic E-state index is -0.250. The van der Waals surface area contributed by atoms with Crippen LogP contribution in [0, 0.1) is 5.92 Å². The van der Waals surface area contributed by atoms with Gasteiger partial charge in [-0.15, -0.1) is 0 Å². The number of pyridine rings is 2. The van der Waals surface area contributed by atoms with E-state index in [9.17, 15) is 0 Å². The topological polar surface area (TPSA) is 90.1 Å². The van der Waals surface area contributed by atoms with Crippen molar-refractivity contribution in [1.29, 1.82) is 0 Å². The maximum Gasteiger partial charge on any atom is 0.290 e. The third-order valence-electron chi connectivity index (χ3n) is 4.90. The Balaban J connectivity index is 0.000000706. The number of imidazole rings is 1. The Bertz CT molecular complexity index is 865. The Morgan fingerprint density at radius 2 is 1.93 bits per heavy atom. The number of nitrogens with zero attached hydrogens (tertiary/aromatic N) is 4. The van der Waals surface area contributed by atoms with Crippen LogP contribution in [0.3, 0.4) is 0 Å². The number of ether oxygens (including phenoxy) is 1. The van der Waals surface area contributed by atoms with Gasteiger partial charge in [-0.3, -0.25) is 14.8 Å². The molecule has 7 nitrogen and oxygen atoms in total. The zero-order chi connectivity index (χ0) is 19.8. The van der Waals surface area contributed by atoms with Crippen molar-refractivity contribution in [2.45, 2.75) is 25.8 Å². The molecule has 0 saturated carbocycles. The predicted octanol–water partition coefficient (Wildman–Crippen LogP) is 3.03. The second-order valence-electron chi connectivity index (χ2n) is 6.59. The average Bonchev–Trinajstić information content (AvgIpc) is 3.38.